The van der Waals surface area contributed by atoms with Crippen molar-refractivity contribution in [2.24, 2.45) is 0 Å². The van der Waals surface area contributed by atoms with E-state index in [1.807, 2.05) is 118 Å². The van der Waals surface area contributed by atoms with Crippen molar-refractivity contribution in [3.8, 4) is 6.07 Å². The SMILES string of the molecule is CO[C@@H]1O[C@@H](C)[C@H](O[C@@H]2O[C@H]3[C@@H](OC(C#N)(Cc4ccccc4I)O[C@@H]3COCc3ccccc3)[C@H](OCc3ccc4ccccc4c3)[C@@H]2OCc2ccccc2)[C@H]2OC(C)(C)O[C@@H]12. The van der Waals surface area contributed by atoms with E-state index in [2.05, 4.69) is 59.0 Å². The van der Waals surface area contributed by atoms with E-state index in [0.717, 1.165) is 36.6 Å². The molecule has 64 heavy (non-hydrogen) atoms. The standard InChI is InChI=1S/C51H54INO11/c1-32-41(44-47(48(54-4)58-32)63-50(2,3)62-44)59-49-46(57-28-34-17-9-6-10-18-34)43(56-29-35-23-24-36-19-11-12-20-37(36)25-35)45-42(60-49)40(30-55-27-33-15-7-5-8-16-33)61-51(31-53,64-45)26-38-21-13-14-22-39(38)52/h5-25,32,40-49H,26-30H2,1-4H3/t32-,40+,41-,42+,43-,44+,45+,46-,47+,48+,49+,51?/m0/s1. The van der Waals surface area contributed by atoms with Crippen LogP contribution in [0, 0.1) is 14.9 Å². The molecule has 0 saturated carbocycles. The molecule has 12 nitrogen and oxygen atoms in total. The van der Waals surface area contributed by atoms with E-state index >= 15 is 0 Å². The molecule has 0 N–H and O–H groups in total. The van der Waals surface area contributed by atoms with Crippen molar-refractivity contribution in [3.05, 3.63) is 153 Å². The molecule has 4 saturated heterocycles. The van der Waals surface area contributed by atoms with Crippen molar-refractivity contribution in [1.82, 2.24) is 0 Å². The van der Waals surface area contributed by atoms with Crippen LogP contribution in [0.3, 0.4) is 0 Å². The molecule has 0 spiro atoms. The molecule has 4 aliphatic rings. The van der Waals surface area contributed by atoms with Crippen LogP contribution in [0.4, 0.5) is 0 Å². The van der Waals surface area contributed by atoms with Gasteiger partial charge in [-0.05, 0) is 88.5 Å². The van der Waals surface area contributed by atoms with Gasteiger partial charge in [0.1, 0.15) is 54.9 Å². The zero-order chi connectivity index (χ0) is 44.3. The highest BCUT2D eigenvalue weighted by atomic mass is 127. The summed E-state index contributed by atoms with van der Waals surface area (Å²) in [5.41, 5.74) is 3.77. The van der Waals surface area contributed by atoms with Crippen molar-refractivity contribution in [2.45, 2.75) is 126 Å². The van der Waals surface area contributed by atoms with Crippen LogP contribution in [0.5, 0.6) is 0 Å². The van der Waals surface area contributed by atoms with E-state index in [1.165, 1.54) is 0 Å². The lowest BCUT2D eigenvalue weighted by Gasteiger charge is -2.54. The van der Waals surface area contributed by atoms with Crippen LogP contribution in [-0.2, 0) is 78.3 Å². The molecular formula is C51H54INO11. The lowest BCUT2D eigenvalue weighted by atomic mass is 9.91. The van der Waals surface area contributed by atoms with E-state index in [0.29, 0.717) is 6.61 Å². The van der Waals surface area contributed by atoms with Gasteiger partial charge in [0.15, 0.2) is 18.4 Å². The van der Waals surface area contributed by atoms with E-state index < -0.39 is 79.1 Å². The minimum Gasteiger partial charge on any atom is -0.374 e. The number of methoxy groups -OCH3 is 1. The van der Waals surface area contributed by atoms with E-state index in [-0.39, 0.29) is 26.2 Å². The van der Waals surface area contributed by atoms with Gasteiger partial charge in [-0.25, -0.2) is 0 Å². The summed E-state index contributed by atoms with van der Waals surface area (Å²) in [5, 5.41) is 13.4. The van der Waals surface area contributed by atoms with Gasteiger partial charge < -0.3 is 52.1 Å². The molecule has 0 amide bonds. The lowest BCUT2D eigenvalue weighted by Crippen LogP contribution is -2.71. The Balaban J connectivity index is 1.11. The predicted octanol–water partition coefficient (Wildman–Crippen LogP) is 8.40. The number of benzene rings is 5. The van der Waals surface area contributed by atoms with Crippen LogP contribution in [0.25, 0.3) is 10.8 Å². The smallest absolute Gasteiger partial charge is 0.264 e. The maximum atomic E-state index is 11.2. The van der Waals surface area contributed by atoms with Crippen molar-refractivity contribution in [3.63, 3.8) is 0 Å². The maximum absolute atomic E-state index is 11.2. The average Bonchev–Trinajstić information content (AvgIpc) is 3.64. The van der Waals surface area contributed by atoms with Gasteiger partial charge in [0.25, 0.3) is 5.79 Å². The van der Waals surface area contributed by atoms with Gasteiger partial charge in [-0.15, -0.1) is 0 Å². The van der Waals surface area contributed by atoms with Crippen LogP contribution < -0.4 is 0 Å². The highest BCUT2D eigenvalue weighted by Gasteiger charge is 2.61. The summed E-state index contributed by atoms with van der Waals surface area (Å²) in [6, 6.07) is 44.6. The number of nitriles is 1. The Morgan fingerprint density at radius 3 is 2.00 bits per heavy atom. The third-order valence-corrected chi connectivity index (χ3v) is 13.2. The zero-order valence-corrected chi connectivity index (χ0v) is 38.5. The largest absolute Gasteiger partial charge is 0.374 e. The minimum absolute atomic E-state index is 0.0721. The Hall–Kier alpha value is -3.86. The second kappa shape index (κ2) is 19.9. The third kappa shape index (κ3) is 10.1. The molecule has 0 aliphatic carbocycles. The summed E-state index contributed by atoms with van der Waals surface area (Å²) in [5.74, 6) is -2.68. The number of hydrogen-bond acceptors (Lipinski definition) is 12. The second-order valence-electron chi connectivity index (χ2n) is 17.2. The fourth-order valence-corrected chi connectivity index (χ4v) is 9.68. The summed E-state index contributed by atoms with van der Waals surface area (Å²) in [6.45, 7) is 6.42. The van der Waals surface area contributed by atoms with Crippen molar-refractivity contribution in [2.75, 3.05) is 13.7 Å². The molecule has 5 aromatic rings. The Bertz CT molecular complexity index is 2370. The van der Waals surface area contributed by atoms with Crippen LogP contribution in [0.15, 0.2) is 127 Å². The molecule has 4 fully saturated rings. The van der Waals surface area contributed by atoms with Crippen LogP contribution in [0.1, 0.15) is 43.0 Å². The van der Waals surface area contributed by atoms with Crippen molar-refractivity contribution < 1.29 is 52.1 Å². The van der Waals surface area contributed by atoms with Crippen molar-refractivity contribution in [1.29, 1.82) is 5.26 Å². The number of nitrogens with zero attached hydrogens (tertiary/aromatic N) is 1. The van der Waals surface area contributed by atoms with Crippen LogP contribution >= 0.6 is 22.6 Å². The normalized spacial score (nSPS) is 32.1. The van der Waals surface area contributed by atoms with Crippen LogP contribution in [-0.4, -0.2) is 92.8 Å². The van der Waals surface area contributed by atoms with E-state index in [1.54, 1.807) is 7.11 Å². The number of halogens is 1. The zero-order valence-electron chi connectivity index (χ0n) is 36.3. The molecule has 336 valence electrons. The molecule has 0 radical (unpaired) electrons. The van der Waals surface area contributed by atoms with E-state index in [4.69, 9.17) is 52.1 Å². The lowest BCUT2D eigenvalue weighted by molar-refractivity contribution is -0.415. The van der Waals surface area contributed by atoms with Gasteiger partial charge >= 0.3 is 0 Å². The number of fused-ring (bicyclic) bond motifs is 3. The molecule has 1 unspecified atom stereocenters. The first-order valence-electron chi connectivity index (χ1n) is 21.8. The van der Waals surface area contributed by atoms with Gasteiger partial charge in [-0.1, -0.05) is 115 Å². The third-order valence-electron chi connectivity index (χ3n) is 12.1. The average molecular weight is 984 g/mol. The molecule has 0 aromatic heterocycles. The van der Waals surface area contributed by atoms with Gasteiger partial charge in [0, 0.05) is 17.1 Å². The second-order valence-corrected chi connectivity index (χ2v) is 18.3. The highest BCUT2D eigenvalue weighted by Crippen LogP contribution is 2.44. The summed E-state index contributed by atoms with van der Waals surface area (Å²) >= 11 is 2.28. The van der Waals surface area contributed by atoms with Gasteiger partial charge in [-0.3, -0.25) is 0 Å². The Morgan fingerprint density at radius 1 is 0.625 bits per heavy atom. The van der Waals surface area contributed by atoms with Gasteiger partial charge in [-0.2, -0.15) is 5.26 Å². The summed E-state index contributed by atoms with van der Waals surface area (Å²) in [4.78, 5) is 0. The minimum atomic E-state index is -1.75. The molecule has 9 rings (SSSR count). The highest BCUT2D eigenvalue weighted by molar-refractivity contribution is 14.1. The molecule has 4 heterocycles. The quantitative estimate of drug-likeness (QED) is 0.0936. The fraction of sp³-hybridized carbons (Fsp3) is 0.431. The number of ether oxygens (including phenoxy) is 11. The fourth-order valence-electron chi connectivity index (χ4n) is 9.10. The van der Waals surface area contributed by atoms with Gasteiger partial charge in [0.05, 0.1) is 32.5 Å². The first-order chi connectivity index (χ1) is 31.1. The summed E-state index contributed by atoms with van der Waals surface area (Å²) in [7, 11) is 1.59. The monoisotopic (exact) mass is 983 g/mol. The summed E-state index contributed by atoms with van der Waals surface area (Å²) in [6.07, 6.45) is -8.32. The Labute approximate surface area is 388 Å². The molecule has 4 aliphatic heterocycles. The molecule has 12 atom stereocenters. The number of hydrogen-bond donors (Lipinski definition) is 0. The molecule has 5 aromatic carbocycles. The van der Waals surface area contributed by atoms with E-state index in [9.17, 15) is 5.26 Å². The first-order valence-corrected chi connectivity index (χ1v) is 22.9. The maximum Gasteiger partial charge on any atom is 0.264 e. The Kier molecular flexibility index (Phi) is 14.1. The molecule has 0 bridgehead atoms. The number of rotatable bonds is 15. The molecule has 13 heteroatoms. The van der Waals surface area contributed by atoms with Crippen LogP contribution in [0.2, 0.25) is 0 Å². The van der Waals surface area contributed by atoms with Gasteiger partial charge in [0.2, 0.25) is 0 Å². The predicted molar refractivity (Wildman–Crippen MR) is 243 cm³/mol. The summed E-state index contributed by atoms with van der Waals surface area (Å²) < 4.78 is 74.5. The topological polar surface area (TPSA) is 125 Å². The Morgan fingerprint density at radius 2 is 1.27 bits per heavy atom. The van der Waals surface area contributed by atoms with Crippen molar-refractivity contribution >= 4 is 33.4 Å². The molecular weight excluding hydrogens is 929 g/mol. The first kappa shape index (κ1) is 45.3.